The number of hydrogen-bond acceptors (Lipinski definition) is 5. The second-order valence-electron chi connectivity index (χ2n) is 7.28. The average Bonchev–Trinajstić information content (AvgIpc) is 2.74. The van der Waals surface area contributed by atoms with Crippen LogP contribution in [0.4, 0.5) is 11.4 Å². The van der Waals surface area contributed by atoms with Gasteiger partial charge in [-0.25, -0.2) is 0 Å². The number of benzene rings is 2. The van der Waals surface area contributed by atoms with Gasteiger partial charge in [-0.2, -0.15) is 0 Å². The molecule has 7 heteroatoms. The lowest BCUT2D eigenvalue weighted by Crippen LogP contribution is -2.43. The van der Waals surface area contributed by atoms with Crippen molar-refractivity contribution in [3.05, 3.63) is 76.5 Å². The summed E-state index contributed by atoms with van der Waals surface area (Å²) in [5, 5.41) is 15.5. The van der Waals surface area contributed by atoms with Crippen molar-refractivity contribution >= 4 is 28.2 Å². The summed E-state index contributed by atoms with van der Waals surface area (Å²) in [5.74, 6) is 0.109. The van der Waals surface area contributed by atoms with E-state index in [9.17, 15) is 14.9 Å². The molecule has 0 radical (unpaired) electrons. The van der Waals surface area contributed by atoms with Crippen molar-refractivity contribution in [3.8, 4) is 0 Å². The largest absolute Gasteiger partial charge is 0.377 e. The van der Waals surface area contributed by atoms with E-state index in [0.717, 1.165) is 29.3 Å². The molecule has 0 saturated carbocycles. The molecule has 1 aromatic heterocycles. The van der Waals surface area contributed by atoms with Crippen LogP contribution in [0.5, 0.6) is 0 Å². The third kappa shape index (κ3) is 4.34. The van der Waals surface area contributed by atoms with E-state index in [1.54, 1.807) is 24.4 Å². The van der Waals surface area contributed by atoms with Crippen LogP contribution < -0.4 is 5.32 Å². The van der Waals surface area contributed by atoms with Crippen molar-refractivity contribution in [1.82, 2.24) is 9.88 Å². The SMILES string of the molecule is O=C(Cc1ccc2ncccc2c1)N1CCC(Nc2ccccc2[N+](=O)[O-])CC1. The lowest BCUT2D eigenvalue weighted by atomic mass is 10.0. The molecule has 2 heterocycles. The molecule has 1 aliphatic heterocycles. The van der Waals surface area contributed by atoms with Gasteiger partial charge in [-0.15, -0.1) is 0 Å². The molecule has 2 aromatic carbocycles. The average molecular weight is 390 g/mol. The summed E-state index contributed by atoms with van der Waals surface area (Å²) >= 11 is 0. The van der Waals surface area contributed by atoms with Crippen LogP contribution in [0.25, 0.3) is 10.9 Å². The number of hydrogen-bond donors (Lipinski definition) is 1. The molecule has 1 amide bonds. The zero-order valence-electron chi connectivity index (χ0n) is 16.0. The Balaban J connectivity index is 1.34. The molecule has 3 aromatic rings. The molecular formula is C22H22N4O3. The minimum absolute atomic E-state index is 0.0804. The predicted octanol–water partition coefficient (Wildman–Crippen LogP) is 3.79. The number of anilines is 1. The van der Waals surface area contributed by atoms with Gasteiger partial charge in [0.2, 0.25) is 5.91 Å². The highest BCUT2D eigenvalue weighted by Crippen LogP contribution is 2.26. The number of pyridine rings is 1. The standard InChI is InChI=1S/C22H22N4O3/c27-22(15-16-7-8-19-17(14-16)4-3-11-23-19)25-12-9-18(10-13-25)24-20-5-1-2-6-21(20)26(28)29/h1-8,11,14,18,24H,9-10,12-13,15H2. The summed E-state index contributed by atoms with van der Waals surface area (Å²) in [6.07, 6.45) is 3.65. The number of nitro benzene ring substituents is 1. The Morgan fingerprint density at radius 3 is 2.72 bits per heavy atom. The van der Waals surface area contributed by atoms with Gasteiger partial charge in [-0.3, -0.25) is 19.9 Å². The smallest absolute Gasteiger partial charge is 0.292 e. The summed E-state index contributed by atoms with van der Waals surface area (Å²) < 4.78 is 0. The predicted molar refractivity (Wildman–Crippen MR) is 112 cm³/mol. The molecule has 0 atom stereocenters. The summed E-state index contributed by atoms with van der Waals surface area (Å²) in [6, 6.07) is 16.6. The minimum atomic E-state index is -0.375. The Kier molecular flexibility index (Phi) is 5.37. The Labute approximate surface area is 168 Å². The maximum atomic E-state index is 12.7. The number of aromatic nitrogens is 1. The first-order valence-electron chi connectivity index (χ1n) is 9.71. The first kappa shape index (κ1) is 18.9. The van der Waals surface area contributed by atoms with Crippen LogP contribution in [0.1, 0.15) is 18.4 Å². The Bertz CT molecular complexity index is 1040. The van der Waals surface area contributed by atoms with Gasteiger partial charge in [-0.05, 0) is 42.7 Å². The van der Waals surface area contributed by atoms with Crippen molar-refractivity contribution in [3.63, 3.8) is 0 Å². The number of likely N-dealkylation sites (tertiary alicyclic amines) is 1. The lowest BCUT2D eigenvalue weighted by Gasteiger charge is -2.33. The number of nitro groups is 1. The van der Waals surface area contributed by atoms with E-state index in [0.29, 0.717) is 25.2 Å². The number of carbonyl (C=O) groups is 1. The number of piperidine rings is 1. The topological polar surface area (TPSA) is 88.4 Å². The maximum absolute atomic E-state index is 12.7. The highest BCUT2D eigenvalue weighted by Gasteiger charge is 2.24. The molecule has 0 unspecified atom stereocenters. The fourth-order valence-electron chi connectivity index (χ4n) is 3.77. The van der Waals surface area contributed by atoms with Gasteiger partial charge in [0.25, 0.3) is 5.69 Å². The Morgan fingerprint density at radius 1 is 1.14 bits per heavy atom. The third-order valence-electron chi connectivity index (χ3n) is 5.33. The fraction of sp³-hybridized carbons (Fsp3) is 0.273. The van der Waals surface area contributed by atoms with Crippen LogP contribution in [-0.4, -0.2) is 39.8 Å². The second-order valence-corrected chi connectivity index (χ2v) is 7.28. The molecular weight excluding hydrogens is 368 g/mol. The van der Waals surface area contributed by atoms with Crippen LogP contribution in [0.3, 0.4) is 0 Å². The van der Waals surface area contributed by atoms with Crippen LogP contribution >= 0.6 is 0 Å². The summed E-state index contributed by atoms with van der Waals surface area (Å²) in [4.78, 5) is 29.7. The van der Waals surface area contributed by atoms with Crippen molar-refractivity contribution < 1.29 is 9.72 Å². The monoisotopic (exact) mass is 390 g/mol. The van der Waals surface area contributed by atoms with Gasteiger partial charge in [0.1, 0.15) is 5.69 Å². The number of carbonyl (C=O) groups excluding carboxylic acids is 1. The highest BCUT2D eigenvalue weighted by atomic mass is 16.6. The van der Waals surface area contributed by atoms with E-state index in [-0.39, 0.29) is 22.6 Å². The molecule has 1 N–H and O–H groups in total. The van der Waals surface area contributed by atoms with E-state index in [4.69, 9.17) is 0 Å². The van der Waals surface area contributed by atoms with Crippen molar-refractivity contribution in [2.24, 2.45) is 0 Å². The lowest BCUT2D eigenvalue weighted by molar-refractivity contribution is -0.384. The molecule has 4 rings (SSSR count). The quantitative estimate of drug-likeness (QED) is 0.529. The van der Waals surface area contributed by atoms with Crippen LogP contribution in [0.15, 0.2) is 60.8 Å². The fourth-order valence-corrected chi connectivity index (χ4v) is 3.77. The molecule has 1 fully saturated rings. The summed E-state index contributed by atoms with van der Waals surface area (Å²) in [7, 11) is 0. The van der Waals surface area contributed by atoms with Gasteiger partial charge in [0, 0.05) is 36.8 Å². The van der Waals surface area contributed by atoms with E-state index in [1.165, 1.54) is 6.07 Å². The maximum Gasteiger partial charge on any atom is 0.292 e. The van der Waals surface area contributed by atoms with E-state index in [2.05, 4.69) is 10.3 Å². The highest BCUT2D eigenvalue weighted by molar-refractivity contribution is 5.83. The van der Waals surface area contributed by atoms with Crippen LogP contribution in [0, 0.1) is 10.1 Å². The van der Waals surface area contributed by atoms with Gasteiger partial charge in [0.05, 0.1) is 16.9 Å². The normalized spacial score (nSPS) is 14.7. The molecule has 0 spiro atoms. The van der Waals surface area contributed by atoms with Crippen molar-refractivity contribution in [2.45, 2.75) is 25.3 Å². The van der Waals surface area contributed by atoms with Gasteiger partial charge in [-0.1, -0.05) is 24.3 Å². The Morgan fingerprint density at radius 2 is 1.93 bits per heavy atom. The third-order valence-corrected chi connectivity index (χ3v) is 5.33. The van der Waals surface area contributed by atoms with Crippen LogP contribution in [0.2, 0.25) is 0 Å². The molecule has 148 valence electrons. The number of amides is 1. The number of nitrogens with zero attached hydrogens (tertiary/aromatic N) is 3. The molecule has 29 heavy (non-hydrogen) atoms. The number of fused-ring (bicyclic) bond motifs is 1. The van der Waals surface area contributed by atoms with Crippen molar-refractivity contribution in [2.75, 3.05) is 18.4 Å². The van der Waals surface area contributed by atoms with Gasteiger partial charge in [0.15, 0.2) is 0 Å². The van der Waals surface area contributed by atoms with Crippen molar-refractivity contribution in [1.29, 1.82) is 0 Å². The molecule has 1 saturated heterocycles. The van der Waals surface area contributed by atoms with Crippen LogP contribution in [-0.2, 0) is 11.2 Å². The molecule has 1 aliphatic rings. The zero-order valence-corrected chi connectivity index (χ0v) is 16.0. The van der Waals surface area contributed by atoms with E-state index >= 15 is 0 Å². The van der Waals surface area contributed by atoms with Gasteiger partial charge < -0.3 is 10.2 Å². The minimum Gasteiger partial charge on any atom is -0.377 e. The first-order valence-corrected chi connectivity index (χ1v) is 9.71. The first-order chi connectivity index (χ1) is 14.1. The number of nitrogens with one attached hydrogen (secondary N) is 1. The number of rotatable bonds is 5. The number of para-hydroxylation sites is 2. The van der Waals surface area contributed by atoms with E-state index in [1.807, 2.05) is 35.2 Å². The molecule has 0 aliphatic carbocycles. The Hall–Kier alpha value is -3.48. The van der Waals surface area contributed by atoms with Gasteiger partial charge >= 0.3 is 0 Å². The molecule has 0 bridgehead atoms. The van der Waals surface area contributed by atoms with E-state index < -0.39 is 0 Å². The second kappa shape index (κ2) is 8.26. The zero-order chi connectivity index (χ0) is 20.2. The summed E-state index contributed by atoms with van der Waals surface area (Å²) in [5.41, 5.74) is 2.52. The summed E-state index contributed by atoms with van der Waals surface area (Å²) in [6.45, 7) is 1.29. The molecule has 7 nitrogen and oxygen atoms in total.